The van der Waals surface area contributed by atoms with Gasteiger partial charge >= 0.3 is 12.0 Å². The van der Waals surface area contributed by atoms with Crippen LogP contribution in [-0.4, -0.2) is 41.0 Å². The lowest BCUT2D eigenvalue weighted by Gasteiger charge is -2.37. The molecule has 4 rings (SSSR count). The maximum absolute atomic E-state index is 13.4. The largest absolute Gasteiger partial charge is 0.480 e. The summed E-state index contributed by atoms with van der Waals surface area (Å²) in [4.78, 5) is 52.8. The summed E-state index contributed by atoms with van der Waals surface area (Å²) in [6, 6.07) is 17.7. The molecule has 9 nitrogen and oxygen atoms in total. The molecule has 2 unspecified atom stereocenters. The molecule has 3 aromatic carbocycles. The highest BCUT2D eigenvalue weighted by atomic mass is 35.5. The third-order valence-electron chi connectivity index (χ3n) is 6.29. The van der Waals surface area contributed by atoms with E-state index in [1.165, 1.54) is 17.0 Å². The lowest BCUT2D eigenvalue weighted by atomic mass is 9.97. The van der Waals surface area contributed by atoms with E-state index in [-0.39, 0.29) is 29.5 Å². The van der Waals surface area contributed by atoms with Crippen molar-refractivity contribution >= 4 is 52.5 Å². The van der Waals surface area contributed by atoms with Gasteiger partial charge in [0.1, 0.15) is 12.1 Å². The monoisotopic (exact) mass is 548 g/mol. The number of hydrogen-bond acceptors (Lipinski definition) is 4. The van der Waals surface area contributed by atoms with Gasteiger partial charge in [0.05, 0.1) is 11.4 Å². The zero-order valence-electron chi connectivity index (χ0n) is 21.5. The Morgan fingerprint density at radius 2 is 1.72 bits per heavy atom. The number of urea groups is 1. The van der Waals surface area contributed by atoms with E-state index in [1.54, 1.807) is 54.6 Å². The van der Waals surface area contributed by atoms with Crippen molar-refractivity contribution in [1.82, 2.24) is 5.32 Å². The SMILES string of the molecule is CC(C)CC1C(=O)Nc2cc(C(=O)NC(Cc3ccccc3)C(=O)O)ccc2N1C(=O)Nc1ccc(Cl)cc1. The molecule has 2 atom stereocenters. The fourth-order valence-electron chi connectivity index (χ4n) is 4.41. The topological polar surface area (TPSA) is 128 Å². The van der Waals surface area contributed by atoms with Gasteiger partial charge in [-0.3, -0.25) is 14.5 Å². The number of nitrogens with one attached hydrogen (secondary N) is 3. The molecule has 1 aliphatic rings. The number of nitrogens with zero attached hydrogens (tertiary/aromatic N) is 1. The van der Waals surface area contributed by atoms with Crippen LogP contribution in [0.5, 0.6) is 0 Å². The van der Waals surface area contributed by atoms with E-state index in [0.717, 1.165) is 5.56 Å². The number of carboxylic acids is 1. The van der Waals surface area contributed by atoms with Crippen LogP contribution >= 0.6 is 11.6 Å². The molecule has 4 amide bonds. The summed E-state index contributed by atoms with van der Waals surface area (Å²) in [5.74, 6) is -2.04. The Morgan fingerprint density at radius 1 is 1.03 bits per heavy atom. The zero-order chi connectivity index (χ0) is 28.1. The first-order valence-electron chi connectivity index (χ1n) is 12.5. The van der Waals surface area contributed by atoms with Crippen LogP contribution in [0.4, 0.5) is 21.9 Å². The van der Waals surface area contributed by atoms with Crippen molar-refractivity contribution in [2.75, 3.05) is 15.5 Å². The van der Waals surface area contributed by atoms with Crippen molar-refractivity contribution in [3.8, 4) is 0 Å². The van der Waals surface area contributed by atoms with Gasteiger partial charge in [-0.1, -0.05) is 55.8 Å². The molecular formula is C29H29ClN4O5. The molecule has 1 heterocycles. The third-order valence-corrected chi connectivity index (χ3v) is 6.54. The van der Waals surface area contributed by atoms with Crippen LogP contribution in [0.25, 0.3) is 0 Å². The number of carboxylic acid groups (broad SMARTS) is 1. The Morgan fingerprint density at radius 3 is 2.36 bits per heavy atom. The van der Waals surface area contributed by atoms with Gasteiger partial charge in [-0.05, 0) is 60.4 Å². The highest BCUT2D eigenvalue weighted by Gasteiger charge is 2.38. The number of anilines is 3. The Kier molecular flexibility index (Phi) is 8.51. The van der Waals surface area contributed by atoms with Crippen molar-refractivity contribution in [2.24, 2.45) is 5.92 Å². The van der Waals surface area contributed by atoms with Gasteiger partial charge in [-0.2, -0.15) is 0 Å². The van der Waals surface area contributed by atoms with E-state index < -0.39 is 30.0 Å². The van der Waals surface area contributed by atoms with Crippen LogP contribution in [-0.2, 0) is 16.0 Å². The fourth-order valence-corrected chi connectivity index (χ4v) is 4.53. The van der Waals surface area contributed by atoms with E-state index in [9.17, 15) is 24.3 Å². The molecule has 3 aromatic rings. The first-order chi connectivity index (χ1) is 18.6. The van der Waals surface area contributed by atoms with E-state index in [2.05, 4.69) is 16.0 Å². The van der Waals surface area contributed by atoms with Crippen molar-refractivity contribution in [3.63, 3.8) is 0 Å². The molecular weight excluding hydrogens is 520 g/mol. The van der Waals surface area contributed by atoms with Gasteiger partial charge in [0.2, 0.25) is 5.91 Å². The van der Waals surface area contributed by atoms with E-state index in [1.807, 2.05) is 19.9 Å². The average molecular weight is 549 g/mol. The number of carbonyl (C=O) groups is 4. The van der Waals surface area contributed by atoms with Crippen molar-refractivity contribution in [3.05, 3.63) is 88.9 Å². The maximum atomic E-state index is 13.4. The Labute approximate surface area is 231 Å². The van der Waals surface area contributed by atoms with Gasteiger partial charge in [0, 0.05) is 22.7 Å². The average Bonchev–Trinajstić information content (AvgIpc) is 2.90. The van der Waals surface area contributed by atoms with Gasteiger partial charge in [0.15, 0.2) is 0 Å². The predicted molar refractivity (Wildman–Crippen MR) is 150 cm³/mol. The second kappa shape index (κ2) is 12.0. The number of aliphatic carboxylic acids is 1. The molecule has 0 aromatic heterocycles. The smallest absolute Gasteiger partial charge is 0.327 e. The summed E-state index contributed by atoms with van der Waals surface area (Å²) < 4.78 is 0. The number of carbonyl (C=O) groups excluding carboxylic acids is 3. The first kappa shape index (κ1) is 27.7. The number of rotatable bonds is 8. The number of amides is 4. The molecule has 0 radical (unpaired) electrons. The summed E-state index contributed by atoms with van der Waals surface area (Å²) in [7, 11) is 0. The molecule has 4 N–H and O–H groups in total. The third kappa shape index (κ3) is 6.74. The summed E-state index contributed by atoms with van der Waals surface area (Å²) >= 11 is 5.95. The molecule has 0 fully saturated rings. The highest BCUT2D eigenvalue weighted by molar-refractivity contribution is 6.30. The normalized spacial score (nSPS) is 15.2. The van der Waals surface area contributed by atoms with Crippen molar-refractivity contribution in [1.29, 1.82) is 0 Å². The zero-order valence-corrected chi connectivity index (χ0v) is 22.2. The maximum Gasteiger partial charge on any atom is 0.327 e. The van der Waals surface area contributed by atoms with Gasteiger partial charge in [-0.15, -0.1) is 0 Å². The molecule has 0 bridgehead atoms. The van der Waals surface area contributed by atoms with Gasteiger partial charge in [0.25, 0.3) is 5.91 Å². The summed E-state index contributed by atoms with van der Waals surface area (Å²) in [5.41, 5.74) is 2.11. The number of benzene rings is 3. The molecule has 202 valence electrons. The minimum absolute atomic E-state index is 0.110. The van der Waals surface area contributed by atoms with Crippen LogP contribution < -0.4 is 20.9 Å². The molecule has 0 aliphatic carbocycles. The van der Waals surface area contributed by atoms with Gasteiger partial charge < -0.3 is 21.1 Å². The number of halogens is 1. The predicted octanol–water partition coefficient (Wildman–Crippen LogP) is 5.17. The fraction of sp³-hybridized carbons (Fsp3) is 0.241. The van der Waals surface area contributed by atoms with Crippen LogP contribution in [0.1, 0.15) is 36.2 Å². The minimum Gasteiger partial charge on any atom is -0.480 e. The van der Waals surface area contributed by atoms with Crippen molar-refractivity contribution in [2.45, 2.75) is 38.8 Å². The van der Waals surface area contributed by atoms with Crippen LogP contribution in [0.2, 0.25) is 5.02 Å². The molecule has 39 heavy (non-hydrogen) atoms. The van der Waals surface area contributed by atoms with Crippen molar-refractivity contribution < 1.29 is 24.3 Å². The standard InChI is InChI=1S/C29H29ClN4O5/c1-17(2)14-25-27(36)32-22-16-19(26(35)33-23(28(37)38)15-18-6-4-3-5-7-18)8-13-24(22)34(25)29(39)31-21-11-9-20(30)10-12-21/h3-13,16-17,23,25H,14-15H2,1-2H3,(H,31,39)(H,32,36)(H,33,35)(H,37,38). The Balaban J connectivity index is 1.60. The number of hydrogen-bond donors (Lipinski definition) is 4. The minimum atomic E-state index is -1.17. The molecule has 0 spiro atoms. The van der Waals surface area contributed by atoms with E-state index >= 15 is 0 Å². The summed E-state index contributed by atoms with van der Waals surface area (Å²) in [5, 5.41) is 18.3. The number of fused-ring (bicyclic) bond motifs is 1. The molecule has 0 saturated carbocycles. The van der Waals surface area contributed by atoms with Crippen LogP contribution in [0, 0.1) is 5.92 Å². The highest BCUT2D eigenvalue weighted by Crippen LogP contribution is 2.35. The van der Waals surface area contributed by atoms with Gasteiger partial charge in [-0.25, -0.2) is 9.59 Å². The second-order valence-corrected chi connectivity index (χ2v) is 10.2. The first-order valence-corrected chi connectivity index (χ1v) is 12.9. The summed E-state index contributed by atoms with van der Waals surface area (Å²) in [6.07, 6.45) is 0.528. The second-order valence-electron chi connectivity index (χ2n) is 9.73. The van der Waals surface area contributed by atoms with E-state index in [0.29, 0.717) is 22.8 Å². The molecule has 10 heteroatoms. The molecule has 0 saturated heterocycles. The Hall–Kier alpha value is -4.37. The quantitative estimate of drug-likeness (QED) is 0.309. The van der Waals surface area contributed by atoms with Crippen LogP contribution in [0.15, 0.2) is 72.8 Å². The lowest BCUT2D eigenvalue weighted by Crippen LogP contribution is -2.53. The summed E-state index contributed by atoms with van der Waals surface area (Å²) in [6.45, 7) is 3.92. The Bertz CT molecular complexity index is 1380. The lowest BCUT2D eigenvalue weighted by molar-refractivity contribution is -0.139. The van der Waals surface area contributed by atoms with E-state index in [4.69, 9.17) is 11.6 Å². The van der Waals surface area contributed by atoms with Crippen LogP contribution in [0.3, 0.4) is 0 Å². The molecule has 1 aliphatic heterocycles.